The van der Waals surface area contributed by atoms with Crippen molar-refractivity contribution in [3.8, 4) is 5.75 Å². The molecule has 136 valence electrons. The molecule has 3 rings (SSSR count). The number of hydrogen-bond donors (Lipinski definition) is 1. The van der Waals surface area contributed by atoms with E-state index in [2.05, 4.69) is 31.1 Å². The fourth-order valence-corrected chi connectivity index (χ4v) is 3.35. The number of fused-ring (bicyclic) bond motifs is 1. The molecule has 26 heavy (non-hydrogen) atoms. The Balaban J connectivity index is 1.50. The molecule has 3 aromatic rings. The maximum Gasteiger partial charge on any atom is 0.229 e. The van der Waals surface area contributed by atoms with Crippen LogP contribution in [0.25, 0.3) is 10.2 Å². The van der Waals surface area contributed by atoms with Gasteiger partial charge < -0.3 is 10.1 Å². The molecule has 0 saturated heterocycles. The fourth-order valence-electron chi connectivity index (χ4n) is 2.45. The molecule has 0 aliphatic rings. The van der Waals surface area contributed by atoms with Crippen LogP contribution in [0.2, 0.25) is 0 Å². The zero-order valence-corrected chi connectivity index (χ0v) is 15.8. The number of benzene rings is 2. The maximum absolute atomic E-state index is 13.2. The lowest BCUT2D eigenvalue weighted by Gasteiger charge is -2.19. The van der Waals surface area contributed by atoms with Crippen LogP contribution in [0, 0.1) is 5.82 Å². The van der Waals surface area contributed by atoms with Crippen LogP contribution in [-0.2, 0) is 10.2 Å². The number of nitrogens with zero attached hydrogens (tertiary/aromatic N) is 1. The Kier molecular flexibility index (Phi) is 5.23. The van der Waals surface area contributed by atoms with Gasteiger partial charge in [-0.2, -0.15) is 0 Å². The van der Waals surface area contributed by atoms with Gasteiger partial charge in [0.05, 0.1) is 23.2 Å². The van der Waals surface area contributed by atoms with Gasteiger partial charge >= 0.3 is 0 Å². The number of anilines is 1. The maximum atomic E-state index is 13.2. The Bertz CT molecular complexity index is 914. The first-order valence-corrected chi connectivity index (χ1v) is 9.22. The number of carbonyl (C=O) groups is 1. The van der Waals surface area contributed by atoms with Crippen LogP contribution in [0.1, 0.15) is 32.8 Å². The molecule has 0 aliphatic carbocycles. The Morgan fingerprint density at radius 3 is 2.62 bits per heavy atom. The number of nitrogens with one attached hydrogen (secondary N) is 1. The van der Waals surface area contributed by atoms with Gasteiger partial charge in [-0.25, -0.2) is 9.37 Å². The second kappa shape index (κ2) is 7.41. The second-order valence-corrected chi connectivity index (χ2v) is 8.08. The van der Waals surface area contributed by atoms with Crippen molar-refractivity contribution in [2.75, 3.05) is 11.9 Å². The monoisotopic (exact) mass is 372 g/mol. The molecule has 0 fully saturated rings. The van der Waals surface area contributed by atoms with E-state index < -0.39 is 0 Å². The number of ether oxygens (including phenoxy) is 1. The number of halogens is 1. The summed E-state index contributed by atoms with van der Waals surface area (Å²) in [5.74, 6) is 0.238. The molecule has 0 unspecified atom stereocenters. The van der Waals surface area contributed by atoms with Crippen LogP contribution in [0.4, 0.5) is 9.52 Å². The van der Waals surface area contributed by atoms with Crippen LogP contribution >= 0.6 is 11.3 Å². The normalized spacial score (nSPS) is 11.5. The van der Waals surface area contributed by atoms with Gasteiger partial charge in [0.15, 0.2) is 5.13 Å². The molecule has 0 spiro atoms. The number of aromatic nitrogens is 1. The average Bonchev–Trinajstić information content (AvgIpc) is 2.95. The summed E-state index contributed by atoms with van der Waals surface area (Å²) in [7, 11) is 0. The van der Waals surface area contributed by atoms with Crippen molar-refractivity contribution < 1.29 is 13.9 Å². The van der Waals surface area contributed by atoms with Gasteiger partial charge in [0.2, 0.25) is 5.91 Å². The van der Waals surface area contributed by atoms with Crippen LogP contribution in [-0.4, -0.2) is 17.5 Å². The van der Waals surface area contributed by atoms with Gasteiger partial charge in [-0.1, -0.05) is 44.2 Å². The van der Waals surface area contributed by atoms with Crippen LogP contribution < -0.4 is 10.1 Å². The summed E-state index contributed by atoms with van der Waals surface area (Å²) in [5.41, 5.74) is 2.00. The Hall–Kier alpha value is -2.47. The summed E-state index contributed by atoms with van der Waals surface area (Å²) in [6.45, 7) is 6.75. The predicted octanol–water partition coefficient (Wildman–Crippen LogP) is 5.14. The molecule has 0 aliphatic heterocycles. The third kappa shape index (κ3) is 4.58. The number of rotatable bonds is 5. The van der Waals surface area contributed by atoms with Crippen LogP contribution in [0.15, 0.2) is 42.5 Å². The highest BCUT2D eigenvalue weighted by Crippen LogP contribution is 2.27. The van der Waals surface area contributed by atoms with Gasteiger partial charge in [0.1, 0.15) is 11.6 Å². The van der Waals surface area contributed by atoms with Crippen molar-refractivity contribution in [1.29, 1.82) is 0 Å². The lowest BCUT2D eigenvalue weighted by atomic mass is 9.87. The predicted molar refractivity (Wildman–Crippen MR) is 103 cm³/mol. The Morgan fingerprint density at radius 2 is 1.92 bits per heavy atom. The molecule has 6 heteroatoms. The van der Waals surface area contributed by atoms with E-state index in [-0.39, 0.29) is 30.2 Å². The van der Waals surface area contributed by atoms with Crippen molar-refractivity contribution in [1.82, 2.24) is 4.98 Å². The molecular weight excluding hydrogens is 351 g/mol. The molecule has 0 saturated carbocycles. The van der Waals surface area contributed by atoms with E-state index in [1.807, 2.05) is 24.3 Å². The third-order valence-electron chi connectivity index (χ3n) is 3.92. The van der Waals surface area contributed by atoms with Crippen LogP contribution in [0.5, 0.6) is 5.75 Å². The van der Waals surface area contributed by atoms with E-state index in [9.17, 15) is 9.18 Å². The highest BCUT2D eigenvalue weighted by Gasteiger charge is 2.13. The van der Waals surface area contributed by atoms with Gasteiger partial charge in [-0.3, -0.25) is 4.79 Å². The standard InChI is InChI=1S/C20H21FN2O2S/c1-20(2,3)13-4-7-15(8-5-13)25-11-10-18(24)23-19-22-16-9-6-14(21)12-17(16)26-19/h4-9,12H,10-11H2,1-3H3,(H,22,23,24). The van der Waals surface area contributed by atoms with E-state index in [4.69, 9.17) is 4.74 Å². The highest BCUT2D eigenvalue weighted by molar-refractivity contribution is 7.22. The topological polar surface area (TPSA) is 51.2 Å². The van der Waals surface area contributed by atoms with E-state index in [1.165, 1.54) is 29.0 Å². The van der Waals surface area contributed by atoms with Gasteiger partial charge in [0.25, 0.3) is 0 Å². The number of amides is 1. The summed E-state index contributed by atoms with van der Waals surface area (Å²) in [6, 6.07) is 12.3. The largest absolute Gasteiger partial charge is 0.493 e. The zero-order valence-electron chi connectivity index (χ0n) is 15.0. The van der Waals surface area contributed by atoms with Gasteiger partial charge in [-0.05, 0) is 41.3 Å². The van der Waals surface area contributed by atoms with Gasteiger partial charge in [-0.15, -0.1) is 0 Å². The third-order valence-corrected chi connectivity index (χ3v) is 4.85. The highest BCUT2D eigenvalue weighted by atomic mass is 32.1. The first-order chi connectivity index (χ1) is 12.3. The van der Waals surface area contributed by atoms with Crippen molar-refractivity contribution in [3.63, 3.8) is 0 Å². The number of thiazole rings is 1. The van der Waals surface area contributed by atoms with E-state index in [0.29, 0.717) is 15.3 Å². The molecule has 1 heterocycles. The average molecular weight is 372 g/mol. The van der Waals surface area contributed by atoms with E-state index >= 15 is 0 Å². The SMILES string of the molecule is CC(C)(C)c1ccc(OCCC(=O)Nc2nc3ccc(F)cc3s2)cc1. The van der Waals surface area contributed by atoms with Crippen molar-refractivity contribution >= 4 is 32.6 Å². The minimum absolute atomic E-state index is 0.0958. The number of hydrogen-bond acceptors (Lipinski definition) is 4. The van der Waals surface area contributed by atoms with E-state index in [1.54, 1.807) is 6.07 Å². The van der Waals surface area contributed by atoms with Crippen molar-refractivity contribution in [3.05, 3.63) is 53.8 Å². The summed E-state index contributed by atoms with van der Waals surface area (Å²) < 4.78 is 19.5. The molecular formula is C20H21FN2O2S. The Morgan fingerprint density at radius 1 is 1.19 bits per heavy atom. The summed E-state index contributed by atoms with van der Waals surface area (Å²) >= 11 is 1.25. The molecule has 4 nitrogen and oxygen atoms in total. The smallest absolute Gasteiger partial charge is 0.229 e. The lowest BCUT2D eigenvalue weighted by molar-refractivity contribution is -0.116. The quantitative estimate of drug-likeness (QED) is 0.675. The van der Waals surface area contributed by atoms with Gasteiger partial charge in [0, 0.05) is 0 Å². The minimum Gasteiger partial charge on any atom is -0.493 e. The summed E-state index contributed by atoms with van der Waals surface area (Å²) in [4.78, 5) is 16.3. The van der Waals surface area contributed by atoms with E-state index in [0.717, 1.165) is 5.75 Å². The second-order valence-electron chi connectivity index (χ2n) is 7.05. The first kappa shape index (κ1) is 18.3. The molecule has 0 atom stereocenters. The minimum atomic E-state index is -0.315. The molecule has 1 N–H and O–H groups in total. The molecule has 1 aromatic heterocycles. The van der Waals surface area contributed by atoms with Crippen LogP contribution in [0.3, 0.4) is 0 Å². The van der Waals surface area contributed by atoms with Crippen molar-refractivity contribution in [2.45, 2.75) is 32.6 Å². The molecule has 0 radical (unpaired) electrons. The molecule has 2 aromatic carbocycles. The number of carbonyl (C=O) groups excluding carboxylic acids is 1. The molecule has 1 amide bonds. The molecule has 0 bridgehead atoms. The first-order valence-electron chi connectivity index (χ1n) is 8.40. The lowest BCUT2D eigenvalue weighted by Crippen LogP contribution is -2.15. The zero-order chi connectivity index (χ0) is 18.7. The van der Waals surface area contributed by atoms with Crippen molar-refractivity contribution in [2.24, 2.45) is 0 Å². The summed E-state index contributed by atoms with van der Waals surface area (Å²) in [6.07, 6.45) is 0.214. The summed E-state index contributed by atoms with van der Waals surface area (Å²) in [5, 5.41) is 3.20. The Labute approximate surface area is 156 Å². The fraction of sp³-hybridized carbons (Fsp3) is 0.300.